The number of hydrogen-bond acceptors (Lipinski definition) is 4. The summed E-state index contributed by atoms with van der Waals surface area (Å²) in [5, 5.41) is 0. The molecule has 1 saturated heterocycles. The van der Waals surface area contributed by atoms with Gasteiger partial charge in [-0.2, -0.15) is 0 Å². The molecule has 2 heterocycles. The fraction of sp³-hybridized carbons (Fsp3) is 0.294. The number of hydrogen-bond donors (Lipinski definition) is 0. The van der Waals surface area contributed by atoms with Gasteiger partial charge in [0.1, 0.15) is 11.9 Å². The molecule has 6 heteroatoms. The maximum Gasteiger partial charge on any atom is 0.254 e. The highest BCUT2D eigenvalue weighted by molar-refractivity contribution is 9.10. The van der Waals surface area contributed by atoms with Gasteiger partial charge in [0, 0.05) is 35.3 Å². The highest BCUT2D eigenvalue weighted by atomic mass is 79.9. The number of halogens is 1. The summed E-state index contributed by atoms with van der Waals surface area (Å²) in [4.78, 5) is 18.6. The van der Waals surface area contributed by atoms with Crippen molar-refractivity contribution < 1.29 is 14.3 Å². The molecule has 0 spiro atoms. The van der Waals surface area contributed by atoms with Crippen molar-refractivity contribution in [1.82, 2.24) is 9.88 Å². The molecule has 3 rings (SSSR count). The second-order valence-electron chi connectivity index (χ2n) is 5.33. The summed E-state index contributed by atoms with van der Waals surface area (Å²) in [6.45, 7) is 1.24. The van der Waals surface area contributed by atoms with Gasteiger partial charge in [0.2, 0.25) is 5.88 Å². The number of likely N-dealkylation sites (tertiary alicyclic amines) is 1. The highest BCUT2D eigenvalue weighted by Gasteiger charge is 2.28. The number of amides is 1. The van der Waals surface area contributed by atoms with Crippen LogP contribution in [0.1, 0.15) is 16.8 Å². The number of methoxy groups -OCH3 is 1. The number of carbonyl (C=O) groups is 1. The number of rotatable bonds is 4. The lowest BCUT2D eigenvalue weighted by atomic mass is 10.2. The van der Waals surface area contributed by atoms with Crippen molar-refractivity contribution in [3.8, 4) is 11.6 Å². The summed E-state index contributed by atoms with van der Waals surface area (Å²) in [6, 6.07) is 10.9. The van der Waals surface area contributed by atoms with Gasteiger partial charge >= 0.3 is 0 Å². The Morgan fingerprint density at radius 3 is 2.96 bits per heavy atom. The molecular formula is C17H17BrN2O3. The van der Waals surface area contributed by atoms with Gasteiger partial charge < -0.3 is 14.4 Å². The van der Waals surface area contributed by atoms with E-state index in [1.807, 2.05) is 24.3 Å². The van der Waals surface area contributed by atoms with Crippen LogP contribution < -0.4 is 9.47 Å². The number of aromatic nitrogens is 1. The average molecular weight is 377 g/mol. The summed E-state index contributed by atoms with van der Waals surface area (Å²) in [5.41, 5.74) is 0.631. The maximum absolute atomic E-state index is 12.6. The van der Waals surface area contributed by atoms with Crippen LogP contribution in [0.2, 0.25) is 0 Å². The highest BCUT2D eigenvalue weighted by Crippen LogP contribution is 2.21. The van der Waals surface area contributed by atoms with Crippen molar-refractivity contribution >= 4 is 21.8 Å². The lowest BCUT2D eigenvalue weighted by Gasteiger charge is -2.17. The van der Waals surface area contributed by atoms with Crippen LogP contribution in [0.4, 0.5) is 0 Å². The molecule has 23 heavy (non-hydrogen) atoms. The molecule has 1 aliphatic heterocycles. The molecule has 2 aromatic rings. The van der Waals surface area contributed by atoms with E-state index in [1.165, 1.54) is 0 Å². The first-order valence-corrected chi connectivity index (χ1v) is 8.16. The Balaban J connectivity index is 1.62. The largest absolute Gasteiger partial charge is 0.497 e. The second kappa shape index (κ2) is 7.00. The Morgan fingerprint density at radius 1 is 1.35 bits per heavy atom. The molecule has 120 valence electrons. The van der Waals surface area contributed by atoms with E-state index in [4.69, 9.17) is 9.47 Å². The zero-order valence-corrected chi connectivity index (χ0v) is 14.3. The van der Waals surface area contributed by atoms with Crippen LogP contribution in [0.15, 0.2) is 47.1 Å². The number of nitrogens with zero attached hydrogens (tertiary/aromatic N) is 2. The van der Waals surface area contributed by atoms with Gasteiger partial charge in [0.15, 0.2) is 0 Å². The minimum Gasteiger partial charge on any atom is -0.497 e. The first-order valence-electron chi connectivity index (χ1n) is 7.37. The molecule has 1 unspecified atom stereocenters. The Morgan fingerprint density at radius 2 is 2.22 bits per heavy atom. The molecule has 1 amide bonds. The predicted octanol–water partition coefficient (Wildman–Crippen LogP) is 3.15. The lowest BCUT2D eigenvalue weighted by Crippen LogP contribution is -2.31. The summed E-state index contributed by atoms with van der Waals surface area (Å²) in [6.07, 6.45) is 2.47. The van der Waals surface area contributed by atoms with E-state index in [9.17, 15) is 4.79 Å². The minimum atomic E-state index is -0.0294. The molecule has 1 aromatic heterocycles. The molecule has 5 nitrogen and oxygen atoms in total. The van der Waals surface area contributed by atoms with E-state index in [2.05, 4.69) is 20.9 Å². The summed E-state index contributed by atoms with van der Waals surface area (Å²) in [7, 11) is 1.59. The van der Waals surface area contributed by atoms with Crippen molar-refractivity contribution in [2.75, 3.05) is 20.2 Å². The van der Waals surface area contributed by atoms with E-state index >= 15 is 0 Å². The first-order chi connectivity index (χ1) is 11.2. The Labute approximate surface area is 143 Å². The van der Waals surface area contributed by atoms with Gasteiger partial charge in [0.25, 0.3) is 5.91 Å². The van der Waals surface area contributed by atoms with Crippen molar-refractivity contribution in [1.29, 1.82) is 0 Å². The lowest BCUT2D eigenvalue weighted by molar-refractivity contribution is 0.0771. The van der Waals surface area contributed by atoms with Gasteiger partial charge in [-0.3, -0.25) is 4.79 Å². The molecule has 0 N–H and O–H groups in total. The molecule has 1 atom stereocenters. The first kappa shape index (κ1) is 15.8. The predicted molar refractivity (Wildman–Crippen MR) is 89.9 cm³/mol. The number of pyridine rings is 1. The Kier molecular flexibility index (Phi) is 4.81. The van der Waals surface area contributed by atoms with E-state index in [-0.39, 0.29) is 12.0 Å². The van der Waals surface area contributed by atoms with Gasteiger partial charge in [-0.15, -0.1) is 0 Å². The quantitative estimate of drug-likeness (QED) is 0.822. The molecule has 0 bridgehead atoms. The number of benzene rings is 1. The van der Waals surface area contributed by atoms with Crippen LogP contribution >= 0.6 is 15.9 Å². The topological polar surface area (TPSA) is 51.7 Å². The van der Waals surface area contributed by atoms with Gasteiger partial charge in [0.05, 0.1) is 13.7 Å². The van der Waals surface area contributed by atoms with Crippen LogP contribution in [0, 0.1) is 0 Å². The summed E-state index contributed by atoms with van der Waals surface area (Å²) in [5.74, 6) is 1.26. The number of carbonyl (C=O) groups excluding carboxylic acids is 1. The van der Waals surface area contributed by atoms with E-state index in [0.717, 1.165) is 10.9 Å². The normalized spacial score (nSPS) is 17.1. The molecule has 0 saturated carbocycles. The summed E-state index contributed by atoms with van der Waals surface area (Å²) >= 11 is 3.34. The van der Waals surface area contributed by atoms with Crippen molar-refractivity contribution in [3.05, 3.63) is 52.6 Å². The van der Waals surface area contributed by atoms with E-state index in [0.29, 0.717) is 30.3 Å². The third-order valence-electron chi connectivity index (χ3n) is 3.74. The van der Waals surface area contributed by atoms with Crippen LogP contribution in [-0.4, -0.2) is 42.1 Å². The fourth-order valence-electron chi connectivity index (χ4n) is 2.55. The SMILES string of the molecule is COc1cccc(C(=O)N2CCC(Oc3ccc(Br)cn3)C2)c1. The zero-order valence-electron chi connectivity index (χ0n) is 12.7. The van der Waals surface area contributed by atoms with Crippen molar-refractivity contribution in [3.63, 3.8) is 0 Å². The monoisotopic (exact) mass is 376 g/mol. The molecule has 1 aliphatic rings. The average Bonchev–Trinajstić information content (AvgIpc) is 3.05. The maximum atomic E-state index is 12.6. The molecular weight excluding hydrogens is 360 g/mol. The van der Waals surface area contributed by atoms with Crippen LogP contribution in [0.25, 0.3) is 0 Å². The smallest absolute Gasteiger partial charge is 0.254 e. The van der Waals surface area contributed by atoms with Crippen LogP contribution in [0.5, 0.6) is 11.6 Å². The Hall–Kier alpha value is -2.08. The van der Waals surface area contributed by atoms with E-state index < -0.39 is 0 Å². The van der Waals surface area contributed by atoms with Gasteiger partial charge in [-0.1, -0.05) is 6.07 Å². The molecule has 0 radical (unpaired) electrons. The number of ether oxygens (including phenoxy) is 2. The van der Waals surface area contributed by atoms with Crippen LogP contribution in [0.3, 0.4) is 0 Å². The Bertz CT molecular complexity index is 690. The third-order valence-corrected chi connectivity index (χ3v) is 4.21. The van der Waals surface area contributed by atoms with Crippen LogP contribution in [-0.2, 0) is 0 Å². The standard InChI is InChI=1S/C17H17BrN2O3/c1-22-14-4-2-3-12(9-14)17(21)20-8-7-15(11-20)23-16-6-5-13(18)10-19-16/h2-6,9-10,15H,7-8,11H2,1H3. The zero-order chi connectivity index (χ0) is 16.2. The second-order valence-corrected chi connectivity index (χ2v) is 6.24. The third kappa shape index (κ3) is 3.82. The van der Waals surface area contributed by atoms with Gasteiger partial charge in [-0.25, -0.2) is 4.98 Å². The van der Waals surface area contributed by atoms with Crippen molar-refractivity contribution in [2.24, 2.45) is 0 Å². The minimum absolute atomic E-state index is 0.00114. The summed E-state index contributed by atoms with van der Waals surface area (Å²) < 4.78 is 11.9. The molecule has 1 aromatic carbocycles. The van der Waals surface area contributed by atoms with Gasteiger partial charge in [-0.05, 0) is 40.2 Å². The van der Waals surface area contributed by atoms with Crippen molar-refractivity contribution in [2.45, 2.75) is 12.5 Å². The fourth-order valence-corrected chi connectivity index (χ4v) is 2.78. The molecule has 1 fully saturated rings. The van der Waals surface area contributed by atoms with E-state index in [1.54, 1.807) is 30.3 Å². The molecule has 0 aliphatic carbocycles.